The smallest absolute Gasteiger partial charge is 0.358 e. The van der Waals surface area contributed by atoms with Crippen molar-refractivity contribution in [2.45, 2.75) is 0 Å². The van der Waals surface area contributed by atoms with Crippen LogP contribution in [0, 0.1) is 0 Å². The fourth-order valence-electron chi connectivity index (χ4n) is 2.10. The van der Waals surface area contributed by atoms with Crippen LogP contribution in [0.2, 0.25) is 0 Å². The second-order valence-electron chi connectivity index (χ2n) is 4.93. The Morgan fingerprint density at radius 2 is 2.00 bits per heavy atom. The van der Waals surface area contributed by atoms with Gasteiger partial charge in [-0.05, 0) is 23.6 Å². The number of aromatic hydroxyl groups is 1. The third-order valence-electron chi connectivity index (χ3n) is 3.24. The molecule has 3 aromatic rings. The van der Waals surface area contributed by atoms with Gasteiger partial charge in [-0.15, -0.1) is 11.3 Å². The van der Waals surface area contributed by atoms with E-state index >= 15 is 0 Å². The summed E-state index contributed by atoms with van der Waals surface area (Å²) in [5, 5.41) is 23.0. The maximum absolute atomic E-state index is 12.1. The van der Waals surface area contributed by atoms with Crippen molar-refractivity contribution in [2.24, 2.45) is 0 Å². The number of amides is 1. The molecule has 8 nitrogen and oxygen atoms in total. The lowest BCUT2D eigenvalue weighted by Gasteiger charge is -2.07. The number of aromatic carboxylic acids is 1. The quantitative estimate of drug-likeness (QED) is 0.565. The van der Waals surface area contributed by atoms with Crippen molar-refractivity contribution in [3.05, 3.63) is 62.7 Å². The van der Waals surface area contributed by atoms with Gasteiger partial charge < -0.3 is 20.5 Å². The Kier molecular flexibility index (Phi) is 4.31. The largest absolute Gasteiger partial charge is 0.501 e. The van der Waals surface area contributed by atoms with Crippen molar-refractivity contribution in [3.63, 3.8) is 0 Å². The Labute approximate surface area is 144 Å². The van der Waals surface area contributed by atoms with Gasteiger partial charge in [-0.25, -0.2) is 9.78 Å². The molecule has 0 fully saturated rings. The molecule has 2 heterocycles. The molecule has 9 heteroatoms. The van der Waals surface area contributed by atoms with Crippen molar-refractivity contribution in [3.8, 4) is 17.1 Å². The Morgan fingerprint density at radius 1 is 1.20 bits per heavy atom. The normalized spacial score (nSPS) is 10.4. The fraction of sp³-hybridized carbons (Fsp3) is 0. The molecule has 2 aromatic heterocycles. The predicted molar refractivity (Wildman–Crippen MR) is 91.2 cm³/mol. The summed E-state index contributed by atoms with van der Waals surface area (Å²) >= 11 is 1.29. The summed E-state index contributed by atoms with van der Waals surface area (Å²) in [5.74, 6) is -2.80. The highest BCUT2D eigenvalue weighted by atomic mass is 32.1. The maximum atomic E-state index is 12.1. The summed E-state index contributed by atoms with van der Waals surface area (Å²) in [6.45, 7) is 0. The number of rotatable bonds is 4. The van der Waals surface area contributed by atoms with E-state index in [4.69, 9.17) is 5.11 Å². The van der Waals surface area contributed by atoms with Crippen LogP contribution in [-0.2, 0) is 0 Å². The first kappa shape index (κ1) is 16.4. The average Bonchev–Trinajstić information content (AvgIpc) is 3.12. The Morgan fingerprint density at radius 3 is 2.68 bits per heavy atom. The number of benzene rings is 1. The van der Waals surface area contributed by atoms with E-state index in [-0.39, 0.29) is 11.7 Å². The highest BCUT2D eigenvalue weighted by molar-refractivity contribution is 7.12. The molecule has 0 saturated heterocycles. The molecule has 1 amide bonds. The first-order valence-corrected chi connectivity index (χ1v) is 7.85. The number of hydrogen-bond acceptors (Lipinski definition) is 6. The van der Waals surface area contributed by atoms with Crippen LogP contribution in [-0.4, -0.2) is 32.1 Å². The van der Waals surface area contributed by atoms with E-state index in [1.165, 1.54) is 17.4 Å². The molecule has 4 N–H and O–H groups in total. The SMILES string of the molecule is O=C(Nc1cccc(-c2nc(C(=O)O)c(O)c(=O)[nH]2)c1)c1cccs1. The fourth-order valence-corrected chi connectivity index (χ4v) is 2.72. The summed E-state index contributed by atoms with van der Waals surface area (Å²) in [6, 6.07) is 9.82. The van der Waals surface area contributed by atoms with Gasteiger partial charge in [-0.2, -0.15) is 0 Å². The average molecular weight is 357 g/mol. The van der Waals surface area contributed by atoms with Crippen molar-refractivity contribution >= 4 is 28.9 Å². The van der Waals surface area contributed by atoms with Crippen molar-refractivity contribution < 1.29 is 19.8 Å². The second kappa shape index (κ2) is 6.57. The van der Waals surface area contributed by atoms with Crippen LogP contribution in [0.25, 0.3) is 11.4 Å². The summed E-state index contributed by atoms with van der Waals surface area (Å²) in [6.07, 6.45) is 0. The van der Waals surface area contributed by atoms with Crippen LogP contribution >= 0.6 is 11.3 Å². The van der Waals surface area contributed by atoms with Crippen molar-refractivity contribution in [2.75, 3.05) is 5.32 Å². The van der Waals surface area contributed by atoms with Crippen molar-refractivity contribution in [1.29, 1.82) is 0 Å². The van der Waals surface area contributed by atoms with E-state index in [0.717, 1.165) is 0 Å². The number of aromatic amines is 1. The summed E-state index contributed by atoms with van der Waals surface area (Å²) in [4.78, 5) is 41.4. The molecule has 126 valence electrons. The molecule has 0 unspecified atom stereocenters. The molecule has 0 radical (unpaired) electrons. The van der Waals surface area contributed by atoms with Crippen LogP contribution in [0.3, 0.4) is 0 Å². The van der Waals surface area contributed by atoms with Crippen LogP contribution < -0.4 is 10.9 Å². The molecular formula is C16H11N3O5S. The van der Waals surface area contributed by atoms with Crippen LogP contribution in [0.15, 0.2) is 46.6 Å². The van der Waals surface area contributed by atoms with E-state index in [1.54, 1.807) is 35.7 Å². The molecule has 0 bridgehead atoms. The number of anilines is 1. The van der Waals surface area contributed by atoms with Gasteiger partial charge in [0.25, 0.3) is 11.5 Å². The van der Waals surface area contributed by atoms with Gasteiger partial charge in [0.05, 0.1) is 4.88 Å². The number of carbonyl (C=O) groups is 2. The highest BCUT2D eigenvalue weighted by Gasteiger charge is 2.17. The summed E-state index contributed by atoms with van der Waals surface area (Å²) in [5.41, 5.74) is -0.880. The molecule has 0 aliphatic rings. The van der Waals surface area contributed by atoms with Gasteiger partial charge in [-0.3, -0.25) is 9.59 Å². The van der Waals surface area contributed by atoms with Gasteiger partial charge in [0, 0.05) is 11.3 Å². The Balaban J connectivity index is 1.96. The summed E-state index contributed by atoms with van der Waals surface area (Å²) in [7, 11) is 0. The van der Waals surface area contributed by atoms with Gasteiger partial charge >= 0.3 is 5.97 Å². The molecule has 1 aromatic carbocycles. The van der Waals surface area contributed by atoms with Gasteiger partial charge in [0.1, 0.15) is 5.82 Å². The minimum atomic E-state index is -1.52. The number of nitrogens with zero attached hydrogens (tertiary/aromatic N) is 1. The predicted octanol–water partition coefficient (Wildman–Crippen LogP) is 2.15. The lowest BCUT2D eigenvalue weighted by molar-refractivity contribution is 0.0686. The number of thiophene rings is 1. The lowest BCUT2D eigenvalue weighted by Crippen LogP contribution is -2.15. The van der Waals surface area contributed by atoms with Gasteiger partial charge in [-0.1, -0.05) is 18.2 Å². The molecule has 3 rings (SSSR count). The van der Waals surface area contributed by atoms with E-state index in [2.05, 4.69) is 15.3 Å². The summed E-state index contributed by atoms with van der Waals surface area (Å²) < 4.78 is 0. The zero-order valence-corrected chi connectivity index (χ0v) is 13.3. The third kappa shape index (κ3) is 3.40. The number of carboxylic acids is 1. The zero-order valence-electron chi connectivity index (χ0n) is 12.5. The molecule has 0 aliphatic carbocycles. The standard InChI is InChI=1S/C16H11N3O5S/c20-12-11(16(23)24)18-13(19-15(12)22)8-3-1-4-9(7-8)17-14(21)10-5-2-6-25-10/h1-7,20H,(H,17,21)(H,23,24)(H,18,19,22). The third-order valence-corrected chi connectivity index (χ3v) is 4.10. The number of aromatic nitrogens is 2. The molecule has 0 saturated carbocycles. The number of hydrogen-bond donors (Lipinski definition) is 4. The van der Waals surface area contributed by atoms with Crippen LogP contribution in [0.5, 0.6) is 5.75 Å². The van der Waals surface area contributed by atoms with Crippen molar-refractivity contribution in [1.82, 2.24) is 9.97 Å². The highest BCUT2D eigenvalue weighted by Crippen LogP contribution is 2.21. The maximum Gasteiger partial charge on any atom is 0.358 e. The number of H-pyrrole nitrogens is 1. The minimum absolute atomic E-state index is 0.0348. The molecular weight excluding hydrogens is 346 g/mol. The minimum Gasteiger partial charge on any atom is -0.501 e. The second-order valence-corrected chi connectivity index (χ2v) is 5.88. The first-order valence-electron chi connectivity index (χ1n) is 6.97. The number of nitrogens with one attached hydrogen (secondary N) is 2. The molecule has 0 atom stereocenters. The zero-order chi connectivity index (χ0) is 18.0. The van der Waals surface area contributed by atoms with E-state index in [1.807, 2.05) is 0 Å². The van der Waals surface area contributed by atoms with Gasteiger partial charge in [0.2, 0.25) is 5.75 Å². The van der Waals surface area contributed by atoms with E-state index < -0.39 is 23.0 Å². The number of carbonyl (C=O) groups excluding carboxylic acids is 1. The monoisotopic (exact) mass is 357 g/mol. The topological polar surface area (TPSA) is 132 Å². The molecule has 25 heavy (non-hydrogen) atoms. The van der Waals surface area contributed by atoms with Crippen LogP contribution in [0.1, 0.15) is 20.2 Å². The first-order chi connectivity index (χ1) is 12.0. The molecule has 0 aliphatic heterocycles. The lowest BCUT2D eigenvalue weighted by atomic mass is 10.1. The Bertz CT molecular complexity index is 1010. The van der Waals surface area contributed by atoms with Gasteiger partial charge in [0.15, 0.2) is 5.69 Å². The van der Waals surface area contributed by atoms with E-state index in [9.17, 15) is 19.5 Å². The van der Waals surface area contributed by atoms with Crippen LogP contribution in [0.4, 0.5) is 5.69 Å². The number of carboxylic acid groups (broad SMARTS) is 1. The Hall–Kier alpha value is -3.46. The van der Waals surface area contributed by atoms with E-state index in [0.29, 0.717) is 16.1 Å². The molecule has 0 spiro atoms.